The fourth-order valence-electron chi connectivity index (χ4n) is 6.33. The number of unbranched alkanes of at least 4 members (excludes halogenated alkanes) is 15. The van der Waals surface area contributed by atoms with Gasteiger partial charge in [-0.1, -0.05) is 134 Å². The van der Waals surface area contributed by atoms with Gasteiger partial charge in [0.1, 0.15) is 30.5 Å². The zero-order valence-corrected chi connectivity index (χ0v) is 29.5. The number of rotatable bonds is 28. The maximum atomic E-state index is 12.9. The zero-order chi connectivity index (χ0) is 35.0. The van der Waals surface area contributed by atoms with Gasteiger partial charge >= 0.3 is 0 Å². The number of hydrogen-bond acceptors (Lipinski definition) is 9. The summed E-state index contributed by atoms with van der Waals surface area (Å²) in [7, 11) is 0. The topological polar surface area (TPSA) is 169 Å². The highest BCUT2D eigenvalue weighted by Crippen LogP contribution is 2.23. The third kappa shape index (κ3) is 17.3. The second-order valence-corrected chi connectivity index (χ2v) is 13.7. The Kier molecular flexibility index (Phi) is 23.2. The van der Waals surface area contributed by atoms with Crippen LogP contribution in [0.4, 0.5) is 0 Å². The summed E-state index contributed by atoms with van der Waals surface area (Å²) in [4.78, 5) is 12.9. The summed E-state index contributed by atoms with van der Waals surface area (Å²) in [5.41, 5.74) is 1.33. The summed E-state index contributed by atoms with van der Waals surface area (Å²) in [6.07, 6.45) is 11.0. The lowest BCUT2D eigenvalue weighted by molar-refractivity contribution is -0.303. The van der Waals surface area contributed by atoms with Gasteiger partial charge in [-0.15, -0.1) is 0 Å². The molecule has 10 nitrogen and oxygen atoms in total. The first-order valence-corrected chi connectivity index (χ1v) is 18.9. The van der Waals surface area contributed by atoms with Crippen LogP contribution in [0.25, 0.3) is 0 Å². The van der Waals surface area contributed by atoms with Crippen molar-refractivity contribution < 1.29 is 44.9 Å². The average molecular weight is 682 g/mol. The minimum absolute atomic E-state index is 0.261. The first-order chi connectivity index (χ1) is 23.3. The SMILES string of the molecule is CCCCCCCCCCCCCC[C@@H](O)[C@@H](O)[C@H](COC1OC(CO)C(O)C(O)[C@@H]1O)NC(=O)CCCCCCCc1ccccc1. The van der Waals surface area contributed by atoms with Crippen LogP contribution < -0.4 is 5.32 Å². The number of hydrogen-bond donors (Lipinski definition) is 7. The molecule has 1 fully saturated rings. The van der Waals surface area contributed by atoms with E-state index in [0.29, 0.717) is 12.8 Å². The number of nitrogens with one attached hydrogen (secondary N) is 1. The van der Waals surface area contributed by atoms with Gasteiger partial charge in [0.2, 0.25) is 5.91 Å². The number of amides is 1. The van der Waals surface area contributed by atoms with Gasteiger partial charge in [0.25, 0.3) is 0 Å². The molecule has 1 aliphatic heterocycles. The van der Waals surface area contributed by atoms with Gasteiger partial charge < -0.3 is 45.4 Å². The lowest BCUT2D eigenvalue weighted by Gasteiger charge is -2.40. The quantitative estimate of drug-likeness (QED) is 0.0621. The van der Waals surface area contributed by atoms with Crippen LogP contribution in [-0.2, 0) is 20.7 Å². The Morgan fingerprint density at radius 1 is 0.771 bits per heavy atom. The number of aliphatic hydroxyl groups excluding tert-OH is 6. The Labute approximate surface area is 289 Å². The Balaban J connectivity index is 1.77. The van der Waals surface area contributed by atoms with Crippen molar-refractivity contribution in [2.45, 2.75) is 184 Å². The van der Waals surface area contributed by atoms with Crippen LogP contribution in [0, 0.1) is 0 Å². The molecular formula is C38H67NO9. The molecule has 1 saturated heterocycles. The van der Waals surface area contributed by atoms with E-state index in [1.807, 2.05) is 18.2 Å². The standard InChI is InChI=1S/C38H67NO9/c1-2-3-4-5-6-7-8-9-10-11-14-20-25-31(41)34(43)30(28-47-38-37(46)36(45)35(44)32(27-40)48-38)39-33(42)26-21-15-12-13-17-22-29-23-18-16-19-24-29/h16,18-19,23-24,30-32,34-38,40-41,43-46H,2-15,17,20-22,25-28H2,1H3,(H,39,42)/t30-,31+,32?,34-,35?,36?,37-,38?/m0/s1. The lowest BCUT2D eigenvalue weighted by atomic mass is 9.98. The predicted molar refractivity (Wildman–Crippen MR) is 187 cm³/mol. The highest BCUT2D eigenvalue weighted by molar-refractivity contribution is 5.76. The smallest absolute Gasteiger partial charge is 0.220 e. The summed E-state index contributed by atoms with van der Waals surface area (Å²) in [6, 6.07) is 9.37. The summed E-state index contributed by atoms with van der Waals surface area (Å²) in [6.45, 7) is 1.32. The van der Waals surface area contributed by atoms with Crippen molar-refractivity contribution in [3.05, 3.63) is 35.9 Å². The van der Waals surface area contributed by atoms with Crippen LogP contribution in [0.15, 0.2) is 30.3 Å². The molecule has 1 aromatic carbocycles. The Hall–Kier alpha value is -1.63. The summed E-state index contributed by atoms with van der Waals surface area (Å²) in [5.74, 6) is -0.279. The normalized spacial score (nSPS) is 23.1. The average Bonchev–Trinajstić information content (AvgIpc) is 3.09. The summed E-state index contributed by atoms with van der Waals surface area (Å²) >= 11 is 0. The maximum absolute atomic E-state index is 12.9. The molecule has 1 amide bonds. The van der Waals surface area contributed by atoms with Crippen molar-refractivity contribution in [3.8, 4) is 0 Å². The minimum Gasteiger partial charge on any atom is -0.394 e. The van der Waals surface area contributed by atoms with Crippen molar-refractivity contribution in [1.82, 2.24) is 5.32 Å². The summed E-state index contributed by atoms with van der Waals surface area (Å²) in [5, 5.41) is 64.8. The van der Waals surface area contributed by atoms with Gasteiger partial charge in [-0.2, -0.15) is 0 Å². The second kappa shape index (κ2) is 26.2. The van der Waals surface area contributed by atoms with E-state index in [9.17, 15) is 35.4 Å². The first-order valence-electron chi connectivity index (χ1n) is 18.9. The molecule has 1 aliphatic rings. The Morgan fingerprint density at radius 2 is 1.33 bits per heavy atom. The van der Waals surface area contributed by atoms with Crippen molar-refractivity contribution in [2.75, 3.05) is 13.2 Å². The number of aryl methyl sites for hydroxylation is 1. The van der Waals surface area contributed by atoms with Crippen molar-refractivity contribution >= 4 is 5.91 Å². The highest BCUT2D eigenvalue weighted by atomic mass is 16.7. The molecule has 0 bridgehead atoms. The summed E-state index contributed by atoms with van der Waals surface area (Å²) < 4.78 is 11.1. The number of benzene rings is 1. The molecule has 278 valence electrons. The van der Waals surface area contributed by atoms with E-state index in [-0.39, 0.29) is 18.9 Å². The lowest BCUT2D eigenvalue weighted by Crippen LogP contribution is -2.60. The van der Waals surface area contributed by atoms with E-state index in [1.54, 1.807) is 0 Å². The van der Waals surface area contributed by atoms with Crippen LogP contribution in [-0.4, -0.2) is 98.7 Å². The molecule has 0 spiro atoms. The van der Waals surface area contributed by atoms with Gasteiger partial charge in [0.05, 0.1) is 25.4 Å². The van der Waals surface area contributed by atoms with Crippen LogP contribution in [0.1, 0.15) is 134 Å². The third-order valence-corrected chi connectivity index (χ3v) is 9.51. The number of aliphatic hydroxyl groups is 6. The van der Waals surface area contributed by atoms with E-state index in [1.165, 1.54) is 56.9 Å². The molecule has 0 radical (unpaired) electrons. The number of carbonyl (C=O) groups is 1. The molecule has 0 aromatic heterocycles. The molecule has 2 rings (SSSR count). The first kappa shape index (κ1) is 42.5. The number of ether oxygens (including phenoxy) is 2. The van der Waals surface area contributed by atoms with Crippen molar-refractivity contribution in [1.29, 1.82) is 0 Å². The fraction of sp³-hybridized carbons (Fsp3) is 0.816. The predicted octanol–water partition coefficient (Wildman–Crippen LogP) is 4.68. The Morgan fingerprint density at radius 3 is 1.94 bits per heavy atom. The Bertz CT molecular complexity index is 921. The van der Waals surface area contributed by atoms with E-state index in [0.717, 1.165) is 57.8 Å². The van der Waals surface area contributed by atoms with Gasteiger partial charge in [-0.3, -0.25) is 4.79 Å². The van der Waals surface area contributed by atoms with Gasteiger partial charge in [0.15, 0.2) is 6.29 Å². The molecular weight excluding hydrogens is 614 g/mol. The minimum atomic E-state index is -1.61. The molecule has 10 heteroatoms. The van der Waals surface area contributed by atoms with Crippen molar-refractivity contribution in [3.63, 3.8) is 0 Å². The second-order valence-electron chi connectivity index (χ2n) is 13.7. The third-order valence-electron chi connectivity index (χ3n) is 9.51. The van der Waals surface area contributed by atoms with Crippen LogP contribution in [0.3, 0.4) is 0 Å². The van der Waals surface area contributed by atoms with Gasteiger partial charge in [-0.25, -0.2) is 0 Å². The molecule has 1 heterocycles. The molecule has 0 saturated carbocycles. The van der Waals surface area contributed by atoms with Gasteiger partial charge in [-0.05, 0) is 31.2 Å². The zero-order valence-electron chi connectivity index (χ0n) is 29.5. The molecule has 0 aliphatic carbocycles. The monoisotopic (exact) mass is 681 g/mol. The highest BCUT2D eigenvalue weighted by Gasteiger charge is 2.44. The molecule has 1 aromatic rings. The van der Waals surface area contributed by atoms with E-state index >= 15 is 0 Å². The molecule has 8 atom stereocenters. The van der Waals surface area contributed by atoms with E-state index < -0.39 is 55.6 Å². The van der Waals surface area contributed by atoms with Crippen molar-refractivity contribution in [2.24, 2.45) is 0 Å². The van der Waals surface area contributed by atoms with Crippen LogP contribution in [0.5, 0.6) is 0 Å². The van der Waals surface area contributed by atoms with Gasteiger partial charge in [0, 0.05) is 6.42 Å². The van der Waals surface area contributed by atoms with Crippen LogP contribution in [0.2, 0.25) is 0 Å². The molecule has 48 heavy (non-hydrogen) atoms. The van der Waals surface area contributed by atoms with Crippen LogP contribution >= 0.6 is 0 Å². The number of carbonyl (C=O) groups excluding carboxylic acids is 1. The largest absolute Gasteiger partial charge is 0.394 e. The van der Waals surface area contributed by atoms with E-state index in [2.05, 4.69) is 24.4 Å². The molecule has 4 unspecified atom stereocenters. The molecule has 7 N–H and O–H groups in total. The van der Waals surface area contributed by atoms with E-state index in [4.69, 9.17) is 9.47 Å². The maximum Gasteiger partial charge on any atom is 0.220 e. The fourth-order valence-corrected chi connectivity index (χ4v) is 6.33.